The van der Waals surface area contributed by atoms with E-state index in [-0.39, 0.29) is 30.9 Å². The molecule has 4 N–H and O–H groups in total. The zero-order chi connectivity index (χ0) is 20.2. The second kappa shape index (κ2) is 9.49. The van der Waals surface area contributed by atoms with Crippen molar-refractivity contribution in [3.63, 3.8) is 0 Å². The van der Waals surface area contributed by atoms with E-state index in [2.05, 4.69) is 20.3 Å². The summed E-state index contributed by atoms with van der Waals surface area (Å²) in [7, 11) is 0. The van der Waals surface area contributed by atoms with Crippen LogP contribution in [0.15, 0.2) is 61.1 Å². The number of aliphatic hydroxyl groups excluding tert-OH is 1. The fourth-order valence-electron chi connectivity index (χ4n) is 2.79. The monoisotopic (exact) mass is 430 g/mol. The summed E-state index contributed by atoms with van der Waals surface area (Å²) < 4.78 is 21.6. The van der Waals surface area contributed by atoms with E-state index in [0.29, 0.717) is 23.6 Å². The van der Waals surface area contributed by atoms with Crippen molar-refractivity contribution in [2.45, 2.75) is 12.6 Å². The SMILES string of the molecule is Cl.N[C@H](CO)Cn1ccc(-c2ccc(Oc3ncc(-c4ccn[nH]4)cc3F)cc2)n1. The molecule has 0 aliphatic rings. The number of hydrogen-bond acceptors (Lipinski definition) is 6. The summed E-state index contributed by atoms with van der Waals surface area (Å²) in [4.78, 5) is 4.06. The molecule has 0 unspecified atom stereocenters. The minimum Gasteiger partial charge on any atom is -0.436 e. The Balaban J connectivity index is 0.00000256. The quantitative estimate of drug-likeness (QED) is 0.415. The lowest BCUT2D eigenvalue weighted by atomic mass is 10.1. The van der Waals surface area contributed by atoms with E-state index in [0.717, 1.165) is 11.3 Å². The van der Waals surface area contributed by atoms with Crippen molar-refractivity contribution in [3.8, 4) is 34.1 Å². The van der Waals surface area contributed by atoms with E-state index < -0.39 is 5.82 Å². The Morgan fingerprint density at radius 2 is 1.97 bits per heavy atom. The van der Waals surface area contributed by atoms with Crippen LogP contribution in [0.1, 0.15) is 0 Å². The van der Waals surface area contributed by atoms with Crippen molar-refractivity contribution in [2.24, 2.45) is 5.73 Å². The van der Waals surface area contributed by atoms with Crippen molar-refractivity contribution in [3.05, 3.63) is 66.9 Å². The summed E-state index contributed by atoms with van der Waals surface area (Å²) in [6.07, 6.45) is 4.91. The van der Waals surface area contributed by atoms with E-state index in [9.17, 15) is 4.39 Å². The number of nitrogens with zero attached hydrogens (tertiary/aromatic N) is 4. The molecular formula is C20H20ClFN6O2. The Hall–Kier alpha value is -3.27. The second-order valence-electron chi connectivity index (χ2n) is 6.47. The third-order valence-electron chi connectivity index (χ3n) is 4.28. The van der Waals surface area contributed by atoms with Crippen molar-refractivity contribution < 1.29 is 14.2 Å². The van der Waals surface area contributed by atoms with E-state index in [4.69, 9.17) is 15.6 Å². The van der Waals surface area contributed by atoms with Crippen LogP contribution < -0.4 is 10.5 Å². The molecule has 0 radical (unpaired) electrons. The molecule has 0 saturated heterocycles. The van der Waals surface area contributed by atoms with E-state index in [1.54, 1.807) is 35.3 Å². The van der Waals surface area contributed by atoms with Crippen LogP contribution in [-0.4, -0.2) is 42.7 Å². The molecular weight excluding hydrogens is 411 g/mol. The van der Waals surface area contributed by atoms with Gasteiger partial charge in [-0.15, -0.1) is 12.4 Å². The number of hydrogen-bond donors (Lipinski definition) is 3. The van der Waals surface area contributed by atoms with Crippen molar-refractivity contribution in [1.29, 1.82) is 0 Å². The number of nitrogens with two attached hydrogens (primary N) is 1. The lowest BCUT2D eigenvalue weighted by Gasteiger charge is -2.08. The van der Waals surface area contributed by atoms with Crippen LogP contribution in [0.5, 0.6) is 11.6 Å². The van der Waals surface area contributed by atoms with Crippen molar-refractivity contribution in [2.75, 3.05) is 6.61 Å². The van der Waals surface area contributed by atoms with E-state index in [1.165, 1.54) is 12.3 Å². The first kappa shape index (κ1) is 21.4. The molecule has 4 aromatic rings. The maximum Gasteiger partial charge on any atom is 0.255 e. The van der Waals surface area contributed by atoms with Gasteiger partial charge >= 0.3 is 0 Å². The number of halogens is 2. The zero-order valence-corrected chi connectivity index (χ0v) is 16.6. The summed E-state index contributed by atoms with van der Waals surface area (Å²) in [6.45, 7) is 0.325. The minimum atomic E-state index is -0.569. The van der Waals surface area contributed by atoms with Crippen LogP contribution in [0.2, 0.25) is 0 Å². The van der Waals surface area contributed by atoms with Crippen molar-refractivity contribution in [1.82, 2.24) is 25.0 Å². The molecule has 0 bridgehead atoms. The molecule has 0 fully saturated rings. The molecule has 1 atom stereocenters. The number of aromatic amines is 1. The molecule has 30 heavy (non-hydrogen) atoms. The van der Waals surface area contributed by atoms with Gasteiger partial charge < -0.3 is 15.6 Å². The predicted molar refractivity (Wildman–Crippen MR) is 112 cm³/mol. The van der Waals surface area contributed by atoms with Gasteiger partial charge in [-0.2, -0.15) is 10.2 Å². The summed E-state index contributed by atoms with van der Waals surface area (Å²) in [5.41, 5.74) is 8.61. The Bertz CT molecular complexity index is 1090. The van der Waals surface area contributed by atoms with Crippen LogP contribution >= 0.6 is 12.4 Å². The molecule has 0 saturated carbocycles. The standard InChI is InChI=1S/C20H19FN6O2.ClH/c21-17-9-14(18-5-7-24-25-18)10-23-20(17)29-16-3-1-13(2-4-16)19-6-8-27(26-19)11-15(22)12-28;/h1-10,15,28H,11-12,22H2,(H,24,25);1H/t15-;/m0./s1. The van der Waals surface area contributed by atoms with Crippen LogP contribution in [0, 0.1) is 5.82 Å². The molecule has 0 aliphatic heterocycles. The molecule has 0 amide bonds. The Kier molecular flexibility index (Phi) is 6.78. The van der Waals surface area contributed by atoms with Gasteiger partial charge in [0, 0.05) is 35.8 Å². The topological polar surface area (TPSA) is 115 Å². The smallest absolute Gasteiger partial charge is 0.255 e. The van der Waals surface area contributed by atoms with Gasteiger partial charge in [-0.3, -0.25) is 9.78 Å². The summed E-state index contributed by atoms with van der Waals surface area (Å²) in [5, 5.41) is 20.1. The highest BCUT2D eigenvalue weighted by atomic mass is 35.5. The number of benzene rings is 1. The number of aliphatic hydroxyl groups is 1. The predicted octanol–water partition coefficient (Wildman–Crippen LogP) is 3.01. The highest BCUT2D eigenvalue weighted by Crippen LogP contribution is 2.27. The van der Waals surface area contributed by atoms with Crippen LogP contribution in [-0.2, 0) is 6.54 Å². The number of pyridine rings is 1. The van der Waals surface area contributed by atoms with E-state index >= 15 is 0 Å². The fourth-order valence-corrected chi connectivity index (χ4v) is 2.79. The average Bonchev–Trinajstić information content (AvgIpc) is 3.42. The first-order valence-electron chi connectivity index (χ1n) is 8.96. The maximum atomic E-state index is 14.3. The van der Waals surface area contributed by atoms with Crippen LogP contribution in [0.3, 0.4) is 0 Å². The van der Waals surface area contributed by atoms with Crippen LogP contribution in [0.25, 0.3) is 22.5 Å². The zero-order valence-electron chi connectivity index (χ0n) is 15.8. The Morgan fingerprint density at radius 3 is 2.63 bits per heavy atom. The number of aromatic nitrogens is 5. The maximum absolute atomic E-state index is 14.3. The van der Waals surface area contributed by atoms with Gasteiger partial charge in [-0.1, -0.05) is 0 Å². The molecule has 1 aromatic carbocycles. The first-order valence-corrected chi connectivity index (χ1v) is 8.96. The van der Waals surface area contributed by atoms with Gasteiger partial charge in [-0.05, 0) is 42.5 Å². The molecule has 156 valence electrons. The summed E-state index contributed by atoms with van der Waals surface area (Å²) in [5.74, 6) is -0.223. The lowest BCUT2D eigenvalue weighted by Crippen LogP contribution is -2.30. The Morgan fingerprint density at radius 1 is 1.17 bits per heavy atom. The van der Waals surface area contributed by atoms with E-state index in [1.807, 2.05) is 18.2 Å². The molecule has 3 heterocycles. The molecule has 8 nitrogen and oxygen atoms in total. The van der Waals surface area contributed by atoms with Gasteiger partial charge in [0.1, 0.15) is 5.75 Å². The number of H-pyrrole nitrogens is 1. The summed E-state index contributed by atoms with van der Waals surface area (Å²) in [6, 6.07) is 11.7. The normalized spacial score (nSPS) is 11.7. The molecule has 4 rings (SSSR count). The Labute approximate surface area is 177 Å². The number of ether oxygens (including phenoxy) is 1. The summed E-state index contributed by atoms with van der Waals surface area (Å²) >= 11 is 0. The van der Waals surface area contributed by atoms with Gasteiger partial charge in [0.05, 0.1) is 24.5 Å². The molecule has 0 spiro atoms. The third kappa shape index (κ3) is 4.82. The molecule has 0 aliphatic carbocycles. The number of nitrogens with one attached hydrogen (secondary N) is 1. The van der Waals surface area contributed by atoms with Gasteiger partial charge in [-0.25, -0.2) is 9.37 Å². The van der Waals surface area contributed by atoms with Gasteiger partial charge in [0.2, 0.25) is 0 Å². The highest BCUT2D eigenvalue weighted by molar-refractivity contribution is 5.85. The van der Waals surface area contributed by atoms with Gasteiger partial charge in [0.15, 0.2) is 5.82 Å². The van der Waals surface area contributed by atoms with Crippen molar-refractivity contribution >= 4 is 12.4 Å². The largest absolute Gasteiger partial charge is 0.436 e. The van der Waals surface area contributed by atoms with Crippen LogP contribution in [0.4, 0.5) is 4.39 Å². The van der Waals surface area contributed by atoms with Gasteiger partial charge in [0.25, 0.3) is 5.88 Å². The molecule has 3 aromatic heterocycles. The third-order valence-corrected chi connectivity index (χ3v) is 4.28. The lowest BCUT2D eigenvalue weighted by molar-refractivity contribution is 0.251. The average molecular weight is 431 g/mol. The number of rotatable bonds is 7. The molecule has 10 heteroatoms. The fraction of sp³-hybridized carbons (Fsp3) is 0.150. The second-order valence-corrected chi connectivity index (χ2v) is 6.47. The minimum absolute atomic E-state index is 0. The highest BCUT2D eigenvalue weighted by Gasteiger charge is 2.11. The first-order chi connectivity index (χ1) is 14.1.